The summed E-state index contributed by atoms with van der Waals surface area (Å²) in [5.74, 6) is 0.863. The Kier molecular flexibility index (Phi) is 6.59. The monoisotopic (exact) mass is 546 g/mol. The third kappa shape index (κ3) is 4.02. The van der Waals surface area contributed by atoms with E-state index in [1.54, 1.807) is 14.2 Å². The van der Waals surface area contributed by atoms with Crippen molar-refractivity contribution < 1.29 is 19.1 Å². The molecular formula is C30H34N4O4S. The molecule has 3 aromatic rings. The van der Waals surface area contributed by atoms with Crippen molar-refractivity contribution in [2.24, 2.45) is 0 Å². The van der Waals surface area contributed by atoms with Gasteiger partial charge in [0.1, 0.15) is 5.75 Å². The first kappa shape index (κ1) is 25.8. The van der Waals surface area contributed by atoms with Crippen molar-refractivity contribution in [3.63, 3.8) is 0 Å². The van der Waals surface area contributed by atoms with Crippen LogP contribution in [0.4, 0.5) is 4.79 Å². The van der Waals surface area contributed by atoms with Crippen LogP contribution in [0.2, 0.25) is 0 Å². The van der Waals surface area contributed by atoms with Crippen molar-refractivity contribution in [3.8, 4) is 5.75 Å². The zero-order valence-electron chi connectivity index (χ0n) is 22.9. The number of benzene rings is 2. The number of amides is 3. The lowest BCUT2D eigenvalue weighted by atomic mass is 9.82. The molecule has 3 amide bonds. The SMILES string of the molecule is CCN1C(=O)N2Cc3ccc(COC)c(OC)c3[C@@H](C)C=C2C12CCN(C(=O)c1nc3ccccc3s1)CC2. The molecule has 1 atom stereocenters. The lowest BCUT2D eigenvalue weighted by Crippen LogP contribution is -2.54. The molecule has 6 rings (SSSR count). The van der Waals surface area contributed by atoms with Crippen LogP contribution < -0.4 is 4.74 Å². The Bertz CT molecular complexity index is 1440. The van der Waals surface area contributed by atoms with Gasteiger partial charge in [0.15, 0.2) is 5.01 Å². The van der Waals surface area contributed by atoms with Crippen molar-refractivity contribution >= 4 is 33.5 Å². The molecule has 2 saturated heterocycles. The van der Waals surface area contributed by atoms with Gasteiger partial charge in [-0.05, 0) is 37.5 Å². The molecule has 2 fully saturated rings. The fourth-order valence-electron chi connectivity index (χ4n) is 6.69. The minimum absolute atomic E-state index is 0.0266. The number of carbonyl (C=O) groups is 2. The number of piperidine rings is 1. The van der Waals surface area contributed by atoms with E-state index < -0.39 is 5.54 Å². The summed E-state index contributed by atoms with van der Waals surface area (Å²) >= 11 is 1.44. The van der Waals surface area contributed by atoms with Crippen molar-refractivity contribution in [1.29, 1.82) is 0 Å². The Labute approximate surface area is 232 Å². The summed E-state index contributed by atoms with van der Waals surface area (Å²) in [4.78, 5) is 37.7. The number of aromatic nitrogens is 1. The second kappa shape index (κ2) is 9.95. The molecular weight excluding hydrogens is 512 g/mol. The van der Waals surface area contributed by atoms with Crippen molar-refractivity contribution in [3.05, 3.63) is 69.9 Å². The smallest absolute Gasteiger partial charge is 0.325 e. The largest absolute Gasteiger partial charge is 0.496 e. The van der Waals surface area contributed by atoms with E-state index in [4.69, 9.17) is 9.47 Å². The van der Waals surface area contributed by atoms with Crippen LogP contribution in [0.3, 0.4) is 0 Å². The molecule has 1 spiro atoms. The van der Waals surface area contributed by atoms with Crippen LogP contribution in [0, 0.1) is 0 Å². The molecule has 3 aliphatic heterocycles. The molecule has 9 heteroatoms. The molecule has 0 N–H and O–H groups in total. The highest BCUT2D eigenvalue weighted by molar-refractivity contribution is 7.20. The van der Waals surface area contributed by atoms with Crippen LogP contribution in [0.1, 0.15) is 59.1 Å². The quantitative estimate of drug-likeness (QED) is 0.429. The summed E-state index contributed by atoms with van der Waals surface area (Å²) in [7, 11) is 3.38. The molecule has 4 heterocycles. The van der Waals surface area contributed by atoms with E-state index in [0.29, 0.717) is 50.6 Å². The Morgan fingerprint density at radius 1 is 1.15 bits per heavy atom. The van der Waals surface area contributed by atoms with Gasteiger partial charge >= 0.3 is 6.03 Å². The Morgan fingerprint density at radius 2 is 1.92 bits per heavy atom. The number of thiazole rings is 1. The van der Waals surface area contributed by atoms with Crippen LogP contribution >= 0.6 is 11.3 Å². The van der Waals surface area contributed by atoms with Gasteiger partial charge in [-0.3, -0.25) is 9.69 Å². The summed E-state index contributed by atoms with van der Waals surface area (Å²) in [6.45, 7) is 6.96. The maximum atomic E-state index is 13.8. The molecule has 0 aliphatic carbocycles. The summed E-state index contributed by atoms with van der Waals surface area (Å²) in [6, 6.07) is 12.0. The van der Waals surface area contributed by atoms with Gasteiger partial charge < -0.3 is 19.3 Å². The van der Waals surface area contributed by atoms with Gasteiger partial charge in [0.2, 0.25) is 0 Å². The first-order chi connectivity index (χ1) is 18.9. The number of para-hydroxylation sites is 1. The minimum Gasteiger partial charge on any atom is -0.496 e. The standard InChI is InChI=1S/C30H34N4O4S/c1-5-34-29(36)33-17-20-10-11-21(18-37-3)26(38-4)25(20)19(2)16-24(33)30(34)12-14-32(15-13-30)28(35)27-31-22-8-6-7-9-23(22)39-27/h6-11,16,19H,5,12-15,17-18H2,1-4H3/t19-/m0/s1. The number of rotatable bonds is 5. The lowest BCUT2D eigenvalue weighted by molar-refractivity contribution is 0.0575. The van der Waals surface area contributed by atoms with Gasteiger partial charge in [0.25, 0.3) is 5.91 Å². The Balaban J connectivity index is 1.32. The maximum absolute atomic E-state index is 13.8. The number of urea groups is 1. The molecule has 2 aromatic carbocycles. The number of carbonyl (C=O) groups excluding carboxylic acids is 2. The summed E-state index contributed by atoms with van der Waals surface area (Å²) in [5, 5.41) is 0.528. The van der Waals surface area contributed by atoms with Crippen LogP contribution in [0.5, 0.6) is 5.75 Å². The fraction of sp³-hybridized carbons (Fsp3) is 0.433. The number of likely N-dealkylation sites (N-methyl/N-ethyl adjacent to an activating group) is 1. The normalized spacial score (nSPS) is 20.2. The van der Waals surface area contributed by atoms with E-state index in [2.05, 4.69) is 24.1 Å². The van der Waals surface area contributed by atoms with E-state index in [1.807, 2.05) is 52.0 Å². The zero-order valence-corrected chi connectivity index (χ0v) is 23.7. The molecule has 8 nitrogen and oxygen atoms in total. The van der Waals surface area contributed by atoms with Gasteiger partial charge in [-0.2, -0.15) is 0 Å². The fourth-order valence-corrected chi connectivity index (χ4v) is 7.62. The predicted molar refractivity (Wildman–Crippen MR) is 151 cm³/mol. The first-order valence-corrected chi connectivity index (χ1v) is 14.4. The maximum Gasteiger partial charge on any atom is 0.325 e. The highest BCUT2D eigenvalue weighted by Gasteiger charge is 2.55. The second-order valence-corrected chi connectivity index (χ2v) is 11.6. The van der Waals surface area contributed by atoms with Crippen LogP contribution in [0.15, 0.2) is 48.2 Å². The third-order valence-electron chi connectivity index (χ3n) is 8.48. The van der Waals surface area contributed by atoms with Crippen LogP contribution in [-0.2, 0) is 17.9 Å². The van der Waals surface area contributed by atoms with Gasteiger partial charge in [0.05, 0.1) is 36.0 Å². The summed E-state index contributed by atoms with van der Waals surface area (Å²) < 4.78 is 12.3. The van der Waals surface area contributed by atoms with Gasteiger partial charge in [-0.1, -0.05) is 37.3 Å². The van der Waals surface area contributed by atoms with E-state index in [1.165, 1.54) is 11.3 Å². The molecule has 204 valence electrons. The van der Waals surface area contributed by atoms with Crippen molar-refractivity contribution in [2.45, 2.75) is 51.3 Å². The van der Waals surface area contributed by atoms with Crippen molar-refractivity contribution in [1.82, 2.24) is 19.7 Å². The summed E-state index contributed by atoms with van der Waals surface area (Å²) in [5.41, 5.74) is 4.69. The number of methoxy groups -OCH3 is 2. The second-order valence-electron chi connectivity index (χ2n) is 10.5. The number of likely N-dealkylation sites (tertiary alicyclic amines) is 1. The highest BCUT2D eigenvalue weighted by Crippen LogP contribution is 2.49. The lowest BCUT2D eigenvalue weighted by Gasteiger charge is -2.44. The molecule has 3 aliphatic rings. The molecule has 0 unspecified atom stereocenters. The molecule has 0 saturated carbocycles. The predicted octanol–water partition coefficient (Wildman–Crippen LogP) is 5.38. The number of fused-ring (bicyclic) bond motifs is 4. The number of ether oxygens (including phenoxy) is 2. The first-order valence-electron chi connectivity index (χ1n) is 13.6. The molecule has 1 aromatic heterocycles. The van der Waals surface area contributed by atoms with Gasteiger partial charge in [0, 0.05) is 49.5 Å². The van der Waals surface area contributed by atoms with E-state index in [9.17, 15) is 9.59 Å². The van der Waals surface area contributed by atoms with Crippen LogP contribution in [-0.4, -0.2) is 71.0 Å². The van der Waals surface area contributed by atoms with E-state index in [0.717, 1.165) is 38.4 Å². The summed E-state index contributed by atoms with van der Waals surface area (Å²) in [6.07, 6.45) is 3.64. The average Bonchev–Trinajstić information content (AvgIpc) is 3.41. The average molecular weight is 547 g/mol. The Morgan fingerprint density at radius 3 is 2.62 bits per heavy atom. The highest BCUT2D eigenvalue weighted by atomic mass is 32.1. The number of hydrogen-bond acceptors (Lipinski definition) is 6. The van der Waals surface area contributed by atoms with Gasteiger partial charge in [-0.25, -0.2) is 9.78 Å². The zero-order chi connectivity index (χ0) is 27.3. The minimum atomic E-state index is -0.435. The van der Waals surface area contributed by atoms with Crippen molar-refractivity contribution in [2.75, 3.05) is 33.9 Å². The van der Waals surface area contributed by atoms with E-state index in [-0.39, 0.29) is 17.9 Å². The molecule has 39 heavy (non-hydrogen) atoms. The topological polar surface area (TPSA) is 75.2 Å². The number of allylic oxidation sites excluding steroid dienone is 1. The Hall–Kier alpha value is -3.43. The van der Waals surface area contributed by atoms with E-state index >= 15 is 0 Å². The van der Waals surface area contributed by atoms with Crippen LogP contribution in [0.25, 0.3) is 10.2 Å². The number of hydrogen-bond donors (Lipinski definition) is 0. The number of nitrogens with zero attached hydrogens (tertiary/aromatic N) is 4. The van der Waals surface area contributed by atoms with Gasteiger partial charge in [-0.15, -0.1) is 11.3 Å². The molecule has 0 bridgehead atoms. The third-order valence-corrected chi connectivity index (χ3v) is 9.50. The molecule has 0 radical (unpaired) electrons.